The van der Waals surface area contributed by atoms with Gasteiger partial charge in [0.2, 0.25) is 0 Å². The molecule has 2 bridgehead atoms. The molecular formula is C12H12BrF2NO. The largest absolute Gasteiger partial charge is 0.375 e. The van der Waals surface area contributed by atoms with Crippen molar-refractivity contribution in [1.82, 2.24) is 4.90 Å². The van der Waals surface area contributed by atoms with E-state index in [1.54, 1.807) is 12.1 Å². The Morgan fingerprint density at radius 1 is 1.35 bits per heavy atom. The fraction of sp³-hybridized carbons (Fsp3) is 0.500. The van der Waals surface area contributed by atoms with Gasteiger partial charge in [-0.15, -0.1) is 0 Å². The van der Waals surface area contributed by atoms with Crippen LogP contribution in [0.5, 0.6) is 0 Å². The smallest absolute Gasteiger partial charge is 0.173 e. The summed E-state index contributed by atoms with van der Waals surface area (Å²) >= 11 is 2.98. The van der Waals surface area contributed by atoms with Gasteiger partial charge in [0.25, 0.3) is 0 Å². The van der Waals surface area contributed by atoms with Gasteiger partial charge in [0.05, 0.1) is 17.2 Å². The molecule has 0 radical (unpaired) electrons. The molecule has 2 saturated heterocycles. The molecule has 0 unspecified atom stereocenters. The summed E-state index contributed by atoms with van der Waals surface area (Å²) in [6, 6.07) is 3.56. The minimum atomic E-state index is -0.803. The van der Waals surface area contributed by atoms with Crippen molar-refractivity contribution in [1.29, 1.82) is 0 Å². The van der Waals surface area contributed by atoms with Crippen LogP contribution in [0.15, 0.2) is 16.6 Å². The van der Waals surface area contributed by atoms with Gasteiger partial charge in [-0.25, -0.2) is 8.78 Å². The monoisotopic (exact) mass is 303 g/mol. The Bertz CT molecular complexity index is 454. The third-order valence-corrected chi connectivity index (χ3v) is 4.11. The van der Waals surface area contributed by atoms with Crippen LogP contribution in [0.25, 0.3) is 0 Å². The Labute approximate surface area is 107 Å². The van der Waals surface area contributed by atoms with Crippen LogP contribution in [-0.2, 0) is 11.3 Å². The Balaban J connectivity index is 1.79. The second kappa shape index (κ2) is 4.30. The molecule has 0 spiro atoms. The standard InChI is InChI=1S/C12H12BrF2NO/c13-10-2-1-7(11(14)12(10)15)4-16-5-9-3-8(16)6-17-9/h1-2,8-9H,3-6H2/t8-,9-/m1/s1. The van der Waals surface area contributed by atoms with E-state index in [1.165, 1.54) is 0 Å². The zero-order chi connectivity index (χ0) is 12.0. The Morgan fingerprint density at radius 3 is 2.82 bits per heavy atom. The van der Waals surface area contributed by atoms with Gasteiger partial charge in [-0.3, -0.25) is 4.90 Å². The van der Waals surface area contributed by atoms with Gasteiger partial charge < -0.3 is 4.74 Å². The van der Waals surface area contributed by atoms with E-state index < -0.39 is 11.6 Å². The lowest BCUT2D eigenvalue weighted by Crippen LogP contribution is -2.36. The molecule has 2 nitrogen and oxygen atoms in total. The fourth-order valence-electron chi connectivity index (χ4n) is 2.58. The number of morpholine rings is 1. The van der Waals surface area contributed by atoms with Crippen molar-refractivity contribution >= 4 is 15.9 Å². The van der Waals surface area contributed by atoms with Crippen LogP contribution in [0, 0.1) is 11.6 Å². The number of likely N-dealkylation sites (tertiary alicyclic amines) is 1. The average molecular weight is 304 g/mol. The summed E-state index contributed by atoms with van der Waals surface area (Å²) in [5, 5.41) is 0. The molecule has 2 fully saturated rings. The molecule has 2 atom stereocenters. The number of nitrogens with zero attached hydrogens (tertiary/aromatic N) is 1. The molecule has 92 valence electrons. The number of hydrogen-bond acceptors (Lipinski definition) is 2. The van der Waals surface area contributed by atoms with E-state index in [-0.39, 0.29) is 10.6 Å². The van der Waals surface area contributed by atoms with Crippen molar-refractivity contribution in [3.63, 3.8) is 0 Å². The van der Waals surface area contributed by atoms with Crippen LogP contribution in [0.4, 0.5) is 8.78 Å². The normalized spacial score (nSPS) is 27.9. The van der Waals surface area contributed by atoms with E-state index in [0.29, 0.717) is 24.8 Å². The van der Waals surface area contributed by atoms with Gasteiger partial charge in [-0.1, -0.05) is 6.07 Å². The minimum absolute atomic E-state index is 0.171. The predicted molar refractivity (Wildman–Crippen MR) is 62.6 cm³/mol. The first-order chi connectivity index (χ1) is 8.15. The van der Waals surface area contributed by atoms with E-state index in [1.807, 2.05) is 0 Å². The van der Waals surface area contributed by atoms with Crippen molar-refractivity contribution in [2.75, 3.05) is 13.2 Å². The Hall–Kier alpha value is -0.520. The maximum atomic E-state index is 13.7. The lowest BCUT2D eigenvalue weighted by Gasteiger charge is -2.26. The molecule has 2 aliphatic rings. The maximum Gasteiger partial charge on any atom is 0.173 e. The molecule has 2 aliphatic heterocycles. The summed E-state index contributed by atoms with van der Waals surface area (Å²) < 4.78 is 32.7. The third kappa shape index (κ3) is 2.00. The summed E-state index contributed by atoms with van der Waals surface area (Å²) in [6.07, 6.45) is 1.30. The lowest BCUT2D eigenvalue weighted by atomic mass is 10.1. The highest BCUT2D eigenvalue weighted by atomic mass is 79.9. The number of benzene rings is 1. The average Bonchev–Trinajstić information content (AvgIpc) is 2.92. The molecule has 0 aliphatic carbocycles. The van der Waals surface area contributed by atoms with Crippen molar-refractivity contribution in [2.45, 2.75) is 25.1 Å². The fourth-order valence-corrected chi connectivity index (χ4v) is 2.89. The van der Waals surface area contributed by atoms with E-state index >= 15 is 0 Å². The maximum absolute atomic E-state index is 13.7. The van der Waals surface area contributed by atoms with Crippen LogP contribution >= 0.6 is 15.9 Å². The zero-order valence-corrected chi connectivity index (χ0v) is 10.7. The highest BCUT2D eigenvalue weighted by molar-refractivity contribution is 9.10. The molecule has 2 heterocycles. The van der Waals surface area contributed by atoms with Gasteiger partial charge in [0.1, 0.15) is 0 Å². The van der Waals surface area contributed by atoms with Crippen molar-refractivity contribution in [3.05, 3.63) is 33.8 Å². The number of fused-ring (bicyclic) bond motifs is 2. The number of halogens is 3. The second-order valence-corrected chi connectivity index (χ2v) is 5.46. The highest BCUT2D eigenvalue weighted by Gasteiger charge is 2.39. The first kappa shape index (κ1) is 11.6. The second-order valence-electron chi connectivity index (χ2n) is 4.61. The van der Waals surface area contributed by atoms with Crippen LogP contribution in [0.3, 0.4) is 0 Å². The Kier molecular flexibility index (Phi) is 2.92. The predicted octanol–water partition coefficient (Wildman–Crippen LogP) is 2.70. The van der Waals surface area contributed by atoms with Crippen molar-refractivity contribution < 1.29 is 13.5 Å². The number of hydrogen-bond donors (Lipinski definition) is 0. The minimum Gasteiger partial charge on any atom is -0.375 e. The summed E-state index contributed by atoms with van der Waals surface area (Å²) in [4.78, 5) is 2.17. The molecule has 5 heteroatoms. The van der Waals surface area contributed by atoms with Gasteiger partial charge in [-0.05, 0) is 28.4 Å². The number of ether oxygens (including phenoxy) is 1. The summed E-state index contributed by atoms with van der Waals surface area (Å²) in [7, 11) is 0. The molecule has 1 aromatic carbocycles. The summed E-state index contributed by atoms with van der Waals surface area (Å²) in [6.45, 7) is 1.99. The van der Waals surface area contributed by atoms with Crippen LogP contribution in [0.1, 0.15) is 12.0 Å². The zero-order valence-electron chi connectivity index (χ0n) is 9.13. The first-order valence-electron chi connectivity index (χ1n) is 5.63. The van der Waals surface area contributed by atoms with Crippen molar-refractivity contribution in [2.24, 2.45) is 0 Å². The number of rotatable bonds is 2. The van der Waals surface area contributed by atoms with Crippen LogP contribution in [-0.4, -0.2) is 30.2 Å². The molecular weight excluding hydrogens is 292 g/mol. The molecule has 0 amide bonds. The van der Waals surface area contributed by atoms with E-state index in [2.05, 4.69) is 20.8 Å². The van der Waals surface area contributed by atoms with Gasteiger partial charge in [-0.2, -0.15) is 0 Å². The van der Waals surface area contributed by atoms with Crippen molar-refractivity contribution in [3.8, 4) is 0 Å². The van der Waals surface area contributed by atoms with Gasteiger partial charge >= 0.3 is 0 Å². The first-order valence-corrected chi connectivity index (χ1v) is 6.42. The summed E-state index contributed by atoms with van der Waals surface area (Å²) in [5.74, 6) is -1.55. The lowest BCUT2D eigenvalue weighted by molar-refractivity contribution is 0.0268. The molecule has 3 rings (SSSR count). The van der Waals surface area contributed by atoms with Gasteiger partial charge in [0.15, 0.2) is 11.6 Å². The highest BCUT2D eigenvalue weighted by Crippen LogP contribution is 2.30. The summed E-state index contributed by atoms with van der Waals surface area (Å²) in [5.41, 5.74) is 0.415. The van der Waals surface area contributed by atoms with E-state index in [9.17, 15) is 8.78 Å². The third-order valence-electron chi connectivity index (χ3n) is 3.50. The van der Waals surface area contributed by atoms with Gasteiger partial charge in [0, 0.05) is 24.7 Å². The van der Waals surface area contributed by atoms with E-state index in [4.69, 9.17) is 4.74 Å². The molecule has 0 N–H and O–H groups in total. The topological polar surface area (TPSA) is 12.5 Å². The Morgan fingerprint density at radius 2 is 2.18 bits per heavy atom. The molecule has 1 aromatic rings. The molecule has 17 heavy (non-hydrogen) atoms. The molecule has 0 saturated carbocycles. The van der Waals surface area contributed by atoms with Crippen LogP contribution < -0.4 is 0 Å². The quantitative estimate of drug-likeness (QED) is 0.779. The molecule has 0 aromatic heterocycles. The van der Waals surface area contributed by atoms with Crippen LogP contribution in [0.2, 0.25) is 0 Å². The van der Waals surface area contributed by atoms with E-state index in [0.717, 1.165) is 13.0 Å². The SMILES string of the molecule is Fc1c(Br)ccc(CN2C[C@H]3C[C@@H]2CO3)c1F.